The van der Waals surface area contributed by atoms with Crippen molar-refractivity contribution in [2.75, 3.05) is 7.11 Å². The van der Waals surface area contributed by atoms with Gasteiger partial charge in [0.15, 0.2) is 0 Å². The first-order chi connectivity index (χ1) is 11.2. The summed E-state index contributed by atoms with van der Waals surface area (Å²) in [7, 11) is -2.51. The summed E-state index contributed by atoms with van der Waals surface area (Å²) in [4.78, 5) is 21.1. The predicted molar refractivity (Wildman–Crippen MR) is 93.4 cm³/mol. The molecule has 24 heavy (non-hydrogen) atoms. The molecule has 1 atom stereocenters. The number of amides is 1. The van der Waals surface area contributed by atoms with Crippen molar-refractivity contribution in [3.05, 3.63) is 51.2 Å². The molecule has 0 bridgehead atoms. The highest BCUT2D eigenvalue weighted by Gasteiger charge is 2.17. The third-order valence-corrected chi connectivity index (χ3v) is 5.77. The highest BCUT2D eigenvalue weighted by atomic mass is 32.2. The van der Waals surface area contributed by atoms with Crippen LogP contribution >= 0.6 is 11.3 Å². The second kappa shape index (κ2) is 7.43. The van der Waals surface area contributed by atoms with Gasteiger partial charge in [0.2, 0.25) is 0 Å². The number of benzene rings is 1. The van der Waals surface area contributed by atoms with E-state index in [9.17, 15) is 13.2 Å². The fourth-order valence-corrected chi connectivity index (χ4v) is 4.21. The van der Waals surface area contributed by atoms with Crippen molar-refractivity contribution in [3.8, 4) is 0 Å². The molecular formula is C16H20N2O4S2. The lowest BCUT2D eigenvalue weighted by Gasteiger charge is -2.14. The van der Waals surface area contributed by atoms with Crippen molar-refractivity contribution in [3.63, 3.8) is 0 Å². The fraction of sp³-hybridized carbons (Fsp3) is 0.312. The van der Waals surface area contributed by atoms with Gasteiger partial charge in [0.25, 0.3) is 15.9 Å². The van der Waals surface area contributed by atoms with Gasteiger partial charge in [0, 0.05) is 15.3 Å². The summed E-state index contributed by atoms with van der Waals surface area (Å²) in [5.41, 5.74) is 1.48. The van der Waals surface area contributed by atoms with Crippen molar-refractivity contribution in [1.82, 2.24) is 10.2 Å². The van der Waals surface area contributed by atoms with Gasteiger partial charge in [-0.15, -0.1) is 11.3 Å². The molecular weight excluding hydrogens is 348 g/mol. The number of carbonyl (C=O) groups excluding carboxylic acids is 1. The van der Waals surface area contributed by atoms with E-state index < -0.39 is 10.0 Å². The van der Waals surface area contributed by atoms with Gasteiger partial charge in [0.05, 0.1) is 18.0 Å². The number of sulfonamides is 1. The summed E-state index contributed by atoms with van der Waals surface area (Å²) >= 11 is 1.69. The largest absolute Gasteiger partial charge is 0.345 e. The molecule has 0 aliphatic rings. The number of hydrogen-bond donors (Lipinski definition) is 2. The molecule has 2 rings (SSSR count). The van der Waals surface area contributed by atoms with Crippen LogP contribution in [0.3, 0.4) is 0 Å². The quantitative estimate of drug-likeness (QED) is 0.768. The Balaban J connectivity index is 2.12. The number of thiophene rings is 1. The smallest absolute Gasteiger partial charge is 0.262 e. The Morgan fingerprint density at radius 1 is 1.21 bits per heavy atom. The molecule has 0 fully saturated rings. The molecule has 1 heterocycles. The monoisotopic (exact) mass is 368 g/mol. The third-order valence-electron chi connectivity index (χ3n) is 3.51. The number of nitrogens with one attached hydrogen (secondary N) is 2. The SMILES string of the molecule is CONS(=O)(=O)c1ccc(C(=O)N[C@H](C)c2cc(C)sc2C)cc1. The van der Waals surface area contributed by atoms with Crippen LogP contribution in [0.15, 0.2) is 35.2 Å². The Hall–Kier alpha value is -1.74. The first kappa shape index (κ1) is 18.6. The van der Waals surface area contributed by atoms with E-state index in [1.54, 1.807) is 11.3 Å². The molecule has 130 valence electrons. The molecule has 2 N–H and O–H groups in total. The van der Waals surface area contributed by atoms with Crippen LogP contribution in [-0.4, -0.2) is 21.4 Å². The van der Waals surface area contributed by atoms with Crippen LogP contribution in [0.5, 0.6) is 0 Å². The standard InChI is InChI=1S/C16H20N2O4S2/c1-10-9-15(12(3)23-10)11(2)17-16(19)13-5-7-14(8-6-13)24(20,21)18-22-4/h5-9,11,18H,1-4H3,(H,17,19)/t11-/m1/s1. The molecule has 0 saturated carbocycles. The minimum atomic E-state index is -3.72. The van der Waals surface area contributed by atoms with Gasteiger partial charge in [-0.2, -0.15) is 0 Å². The van der Waals surface area contributed by atoms with Crippen LogP contribution in [0.4, 0.5) is 0 Å². The normalized spacial score (nSPS) is 12.8. The molecule has 0 saturated heterocycles. The number of carbonyl (C=O) groups is 1. The van der Waals surface area contributed by atoms with E-state index in [1.165, 1.54) is 41.1 Å². The van der Waals surface area contributed by atoms with Crippen molar-refractivity contribution in [2.24, 2.45) is 0 Å². The molecule has 0 radical (unpaired) electrons. The first-order valence-electron chi connectivity index (χ1n) is 7.27. The van der Waals surface area contributed by atoms with Gasteiger partial charge >= 0.3 is 0 Å². The summed E-state index contributed by atoms with van der Waals surface area (Å²) in [5.74, 6) is -0.255. The van der Waals surface area contributed by atoms with E-state index in [4.69, 9.17) is 0 Å². The van der Waals surface area contributed by atoms with Crippen molar-refractivity contribution < 1.29 is 18.0 Å². The Kier molecular flexibility index (Phi) is 5.76. The highest BCUT2D eigenvalue weighted by molar-refractivity contribution is 7.89. The van der Waals surface area contributed by atoms with Crippen LogP contribution in [0.1, 0.15) is 38.6 Å². The Morgan fingerprint density at radius 3 is 2.33 bits per heavy atom. The second-order valence-electron chi connectivity index (χ2n) is 5.38. The molecule has 0 aliphatic carbocycles. The zero-order chi connectivity index (χ0) is 17.9. The summed E-state index contributed by atoms with van der Waals surface area (Å²) in [6.07, 6.45) is 0. The van der Waals surface area contributed by atoms with Crippen LogP contribution in [-0.2, 0) is 14.9 Å². The minimum absolute atomic E-state index is 0.0262. The molecule has 2 aromatic rings. The van der Waals surface area contributed by atoms with E-state index >= 15 is 0 Å². The molecule has 1 amide bonds. The van der Waals surface area contributed by atoms with Gasteiger partial charge in [-0.1, -0.05) is 4.89 Å². The average molecular weight is 368 g/mol. The zero-order valence-electron chi connectivity index (χ0n) is 13.9. The van der Waals surface area contributed by atoms with Crippen molar-refractivity contribution in [2.45, 2.75) is 31.7 Å². The average Bonchev–Trinajstić information content (AvgIpc) is 2.86. The summed E-state index contributed by atoms with van der Waals surface area (Å²) in [6.45, 7) is 5.98. The third kappa shape index (κ3) is 4.21. The minimum Gasteiger partial charge on any atom is -0.345 e. The van der Waals surface area contributed by atoms with E-state index in [1.807, 2.05) is 25.7 Å². The molecule has 6 nitrogen and oxygen atoms in total. The van der Waals surface area contributed by atoms with Crippen LogP contribution < -0.4 is 10.2 Å². The van der Waals surface area contributed by atoms with Crippen molar-refractivity contribution in [1.29, 1.82) is 0 Å². The van der Waals surface area contributed by atoms with Crippen molar-refractivity contribution >= 4 is 27.3 Å². The Labute approximate surface area is 145 Å². The number of aryl methyl sites for hydroxylation is 2. The molecule has 0 unspecified atom stereocenters. The maximum atomic E-state index is 12.3. The maximum absolute atomic E-state index is 12.3. The van der Waals surface area contributed by atoms with E-state index in [0.29, 0.717) is 5.56 Å². The Morgan fingerprint density at radius 2 is 1.83 bits per heavy atom. The lowest BCUT2D eigenvalue weighted by molar-refractivity contribution is 0.0939. The molecule has 0 aliphatic heterocycles. The van der Waals surface area contributed by atoms with Crippen LogP contribution in [0.25, 0.3) is 0 Å². The van der Waals surface area contributed by atoms with E-state index in [-0.39, 0.29) is 16.8 Å². The fourth-order valence-electron chi connectivity index (χ4n) is 2.38. The number of rotatable bonds is 6. The molecule has 1 aromatic carbocycles. The number of hydrogen-bond acceptors (Lipinski definition) is 5. The van der Waals surface area contributed by atoms with Crippen LogP contribution in [0, 0.1) is 13.8 Å². The summed E-state index contributed by atoms with van der Waals surface area (Å²) in [6, 6.07) is 7.61. The predicted octanol–water partition coefficient (Wildman–Crippen LogP) is 2.70. The lowest BCUT2D eigenvalue weighted by Crippen LogP contribution is -2.27. The van der Waals surface area contributed by atoms with Gasteiger partial charge in [-0.25, -0.2) is 8.42 Å². The molecule has 1 aromatic heterocycles. The van der Waals surface area contributed by atoms with E-state index in [0.717, 1.165) is 5.56 Å². The van der Waals surface area contributed by atoms with Gasteiger partial charge < -0.3 is 5.32 Å². The van der Waals surface area contributed by atoms with Gasteiger partial charge in [0.1, 0.15) is 0 Å². The summed E-state index contributed by atoms with van der Waals surface area (Å²) in [5, 5.41) is 2.93. The van der Waals surface area contributed by atoms with Gasteiger partial charge in [-0.3, -0.25) is 9.63 Å². The Bertz CT molecular complexity index is 826. The van der Waals surface area contributed by atoms with E-state index in [2.05, 4.69) is 16.2 Å². The van der Waals surface area contributed by atoms with Crippen LogP contribution in [0.2, 0.25) is 0 Å². The lowest BCUT2D eigenvalue weighted by atomic mass is 10.1. The topological polar surface area (TPSA) is 84.5 Å². The molecule has 0 spiro atoms. The van der Waals surface area contributed by atoms with Gasteiger partial charge in [-0.05, 0) is 56.7 Å². The zero-order valence-corrected chi connectivity index (χ0v) is 15.5. The summed E-state index contributed by atoms with van der Waals surface area (Å²) < 4.78 is 23.6. The maximum Gasteiger partial charge on any atom is 0.262 e. The highest BCUT2D eigenvalue weighted by Crippen LogP contribution is 2.26. The second-order valence-corrected chi connectivity index (χ2v) is 8.48. The molecule has 8 heteroatoms. The first-order valence-corrected chi connectivity index (χ1v) is 9.57.